The zero-order valence-corrected chi connectivity index (χ0v) is 19.4. The van der Waals surface area contributed by atoms with Crippen LogP contribution in [-0.4, -0.2) is 37.9 Å². The highest BCUT2D eigenvalue weighted by Gasteiger charge is 2.25. The number of carbonyl (C=O) groups is 2. The molecular formula is C21H13FN6O3S3. The number of halogens is 1. The monoisotopic (exact) mass is 512 g/mol. The molecule has 0 unspecified atom stereocenters. The molecule has 2 aromatic heterocycles. The van der Waals surface area contributed by atoms with Crippen molar-refractivity contribution in [2.24, 2.45) is 4.99 Å². The van der Waals surface area contributed by atoms with Crippen LogP contribution < -0.4 is 21.2 Å². The molecule has 2 aromatic carbocycles. The van der Waals surface area contributed by atoms with Gasteiger partial charge in [-0.15, -0.1) is 10.2 Å². The number of nitrogens with one attached hydrogen (secondary N) is 2. The van der Waals surface area contributed by atoms with Gasteiger partial charge in [0.1, 0.15) is 10.7 Å². The van der Waals surface area contributed by atoms with Gasteiger partial charge in [0.2, 0.25) is 16.9 Å². The zero-order valence-electron chi connectivity index (χ0n) is 17.0. The van der Waals surface area contributed by atoms with Crippen molar-refractivity contribution in [1.29, 1.82) is 0 Å². The molecule has 3 N–H and O–H groups in total. The summed E-state index contributed by atoms with van der Waals surface area (Å²) in [6.07, 6.45) is 0. The fourth-order valence-corrected chi connectivity index (χ4v) is 5.60. The largest absolute Gasteiger partial charge is 0.492 e. The maximum atomic E-state index is 13.0. The van der Waals surface area contributed by atoms with E-state index in [2.05, 4.69) is 30.8 Å². The number of anilines is 3. The summed E-state index contributed by atoms with van der Waals surface area (Å²) in [6, 6.07) is 12.6. The minimum absolute atomic E-state index is 0.0948. The third-order valence-corrected chi connectivity index (χ3v) is 7.47. The minimum atomic E-state index is -0.430. The first-order chi connectivity index (χ1) is 16.5. The highest BCUT2D eigenvalue weighted by Crippen LogP contribution is 2.36. The molecule has 0 saturated heterocycles. The molecule has 0 fully saturated rings. The first-order valence-electron chi connectivity index (χ1n) is 9.67. The van der Waals surface area contributed by atoms with Gasteiger partial charge in [-0.1, -0.05) is 52.6 Å². The van der Waals surface area contributed by atoms with E-state index < -0.39 is 5.91 Å². The number of amides is 2. The van der Waals surface area contributed by atoms with Gasteiger partial charge in [-0.05, 0) is 30.3 Å². The number of nitrogens with zero attached hydrogens (tertiary/aromatic N) is 4. The Morgan fingerprint density at radius 2 is 1.85 bits per heavy atom. The summed E-state index contributed by atoms with van der Waals surface area (Å²) in [5.74, 6) is -1.26. The highest BCUT2D eigenvalue weighted by atomic mass is 32.2. The van der Waals surface area contributed by atoms with E-state index in [-0.39, 0.29) is 23.4 Å². The molecule has 3 heterocycles. The summed E-state index contributed by atoms with van der Waals surface area (Å²) < 4.78 is 13.5. The lowest BCUT2D eigenvalue weighted by Crippen LogP contribution is -2.22. The Kier molecular flexibility index (Phi) is 6.04. The fraction of sp³-hybridized carbons (Fsp3) is 0.0476. The van der Waals surface area contributed by atoms with Crippen LogP contribution in [0.5, 0.6) is 5.88 Å². The van der Waals surface area contributed by atoms with Gasteiger partial charge in [0.05, 0.1) is 16.7 Å². The van der Waals surface area contributed by atoms with Crippen molar-refractivity contribution in [3.05, 3.63) is 69.8 Å². The number of hydrogen-bond acceptors (Lipinski definition) is 10. The third kappa shape index (κ3) is 4.66. The topological polar surface area (TPSA) is 129 Å². The van der Waals surface area contributed by atoms with Crippen molar-refractivity contribution in [2.75, 3.05) is 16.4 Å². The standard InChI is InChI=1S/C21H13FN6O3S3/c22-10-5-7-11(8-6-10)23-14(29)9-32-21-28-27-20(34-21)26-19-25-18(31)16(33-19)15-12-3-1-2-4-13(12)24-17(15)30/h1-8,31H,9H2,(H,23,29)(H,25,26,27). The maximum Gasteiger partial charge on any atom is 0.279 e. The lowest BCUT2D eigenvalue weighted by Gasteiger charge is -2.03. The molecule has 5 rings (SSSR count). The SMILES string of the molecule is O=C(CSc1nnc(Nc2nc(O)c(C3=c4ccccc4=NC3=O)s2)s1)Nc1ccc(F)cc1. The number of para-hydroxylation sites is 1. The molecule has 0 saturated carbocycles. The van der Waals surface area contributed by atoms with Gasteiger partial charge in [0.15, 0.2) is 9.47 Å². The summed E-state index contributed by atoms with van der Waals surface area (Å²) in [5.41, 5.74) is 0.805. The van der Waals surface area contributed by atoms with Gasteiger partial charge >= 0.3 is 0 Å². The molecule has 0 aliphatic carbocycles. The van der Waals surface area contributed by atoms with Crippen LogP contribution in [0.3, 0.4) is 0 Å². The number of aromatic hydroxyl groups is 1. The smallest absolute Gasteiger partial charge is 0.279 e. The number of aromatic nitrogens is 3. The van der Waals surface area contributed by atoms with Crippen LogP contribution in [-0.2, 0) is 9.59 Å². The van der Waals surface area contributed by atoms with Crippen molar-refractivity contribution < 1.29 is 19.1 Å². The van der Waals surface area contributed by atoms with Gasteiger partial charge in [0.25, 0.3) is 5.91 Å². The van der Waals surface area contributed by atoms with E-state index in [4.69, 9.17) is 0 Å². The highest BCUT2D eigenvalue weighted by molar-refractivity contribution is 8.01. The molecule has 0 spiro atoms. The van der Waals surface area contributed by atoms with E-state index in [1.165, 1.54) is 47.4 Å². The van der Waals surface area contributed by atoms with Gasteiger partial charge < -0.3 is 15.7 Å². The van der Waals surface area contributed by atoms with E-state index in [0.29, 0.717) is 41.3 Å². The summed E-state index contributed by atoms with van der Waals surface area (Å²) in [7, 11) is 0. The van der Waals surface area contributed by atoms with Gasteiger partial charge in [-0.3, -0.25) is 9.59 Å². The number of benzene rings is 2. The van der Waals surface area contributed by atoms with Gasteiger partial charge in [-0.2, -0.15) is 4.98 Å². The average molecular weight is 513 g/mol. The number of thioether (sulfide) groups is 1. The van der Waals surface area contributed by atoms with Crippen LogP contribution in [0.2, 0.25) is 0 Å². The third-order valence-electron chi connectivity index (χ3n) is 4.52. The van der Waals surface area contributed by atoms with E-state index in [9.17, 15) is 19.1 Å². The number of hydrogen-bond donors (Lipinski definition) is 3. The number of rotatable bonds is 7. The predicted octanol–water partition coefficient (Wildman–Crippen LogP) is 2.67. The Labute approximate surface area is 203 Å². The van der Waals surface area contributed by atoms with Crippen LogP contribution in [0.1, 0.15) is 4.88 Å². The Bertz CT molecular complexity index is 1530. The second kappa shape index (κ2) is 9.29. The maximum absolute atomic E-state index is 13.0. The first kappa shape index (κ1) is 22.1. The molecule has 9 nitrogen and oxygen atoms in total. The molecule has 2 amide bonds. The number of fused-ring (bicyclic) bond motifs is 1. The molecule has 1 aliphatic heterocycles. The van der Waals surface area contributed by atoms with Gasteiger partial charge in [0, 0.05) is 10.9 Å². The van der Waals surface area contributed by atoms with E-state index in [1.54, 1.807) is 24.3 Å². The fourth-order valence-electron chi connectivity index (χ4n) is 3.08. The normalized spacial score (nSPS) is 12.4. The molecule has 1 aliphatic rings. The van der Waals surface area contributed by atoms with Crippen molar-refractivity contribution in [3.8, 4) is 5.88 Å². The Hall–Kier alpha value is -3.68. The molecule has 13 heteroatoms. The summed E-state index contributed by atoms with van der Waals surface area (Å²) >= 11 is 3.50. The summed E-state index contributed by atoms with van der Waals surface area (Å²) in [5, 5.41) is 26.0. The Morgan fingerprint density at radius 1 is 1.06 bits per heavy atom. The van der Waals surface area contributed by atoms with Crippen LogP contribution in [0, 0.1) is 5.82 Å². The average Bonchev–Trinajstić information content (AvgIpc) is 3.50. The quantitative estimate of drug-likeness (QED) is 0.322. The zero-order chi connectivity index (χ0) is 23.7. The molecular weight excluding hydrogens is 499 g/mol. The molecule has 0 bridgehead atoms. The van der Waals surface area contributed by atoms with Crippen molar-refractivity contribution in [1.82, 2.24) is 15.2 Å². The first-order valence-corrected chi connectivity index (χ1v) is 12.3. The molecule has 34 heavy (non-hydrogen) atoms. The van der Waals surface area contributed by atoms with Crippen LogP contribution in [0.15, 0.2) is 57.9 Å². The second-order valence-corrected chi connectivity index (χ2v) is 10.0. The predicted molar refractivity (Wildman–Crippen MR) is 127 cm³/mol. The van der Waals surface area contributed by atoms with E-state index in [1.807, 2.05) is 0 Å². The van der Waals surface area contributed by atoms with E-state index >= 15 is 0 Å². The van der Waals surface area contributed by atoms with Gasteiger partial charge in [-0.25, -0.2) is 9.38 Å². The second-order valence-electron chi connectivity index (χ2n) is 6.82. The minimum Gasteiger partial charge on any atom is -0.492 e. The lowest BCUT2D eigenvalue weighted by atomic mass is 10.1. The van der Waals surface area contributed by atoms with Crippen molar-refractivity contribution >= 4 is 67.8 Å². The molecule has 4 aromatic rings. The van der Waals surface area contributed by atoms with Crippen LogP contribution in [0.25, 0.3) is 5.57 Å². The molecule has 170 valence electrons. The Balaban J connectivity index is 1.24. The molecule has 0 radical (unpaired) electrons. The van der Waals surface area contributed by atoms with Crippen LogP contribution in [0.4, 0.5) is 20.3 Å². The lowest BCUT2D eigenvalue weighted by molar-refractivity contribution is -0.114. The van der Waals surface area contributed by atoms with E-state index in [0.717, 1.165) is 11.3 Å². The molecule has 0 atom stereocenters. The summed E-state index contributed by atoms with van der Waals surface area (Å²) in [4.78, 5) is 32.9. The number of carbonyl (C=O) groups excluding carboxylic acids is 2. The number of thiazole rings is 1. The van der Waals surface area contributed by atoms with Crippen molar-refractivity contribution in [2.45, 2.75) is 4.34 Å². The van der Waals surface area contributed by atoms with Crippen molar-refractivity contribution in [3.63, 3.8) is 0 Å². The Morgan fingerprint density at radius 3 is 2.68 bits per heavy atom. The van der Waals surface area contributed by atoms with Crippen LogP contribution >= 0.6 is 34.4 Å². The summed E-state index contributed by atoms with van der Waals surface area (Å²) in [6.45, 7) is 0.